The van der Waals surface area contributed by atoms with E-state index in [2.05, 4.69) is 11.5 Å². The molecule has 0 aromatic heterocycles. The molecule has 0 spiro atoms. The topological polar surface area (TPSA) is 116 Å². The van der Waals surface area contributed by atoms with E-state index in [4.69, 9.17) is 14.6 Å². The van der Waals surface area contributed by atoms with E-state index in [9.17, 15) is 9.18 Å². The van der Waals surface area contributed by atoms with Crippen molar-refractivity contribution >= 4 is 12.0 Å². The van der Waals surface area contributed by atoms with Gasteiger partial charge >= 0.3 is 12.0 Å². The van der Waals surface area contributed by atoms with Gasteiger partial charge in [-0.3, -0.25) is 4.79 Å². The minimum Gasteiger partial charge on any atom is -0.490 e. The normalized spacial score (nSPS) is 20.3. The van der Waals surface area contributed by atoms with Crippen LogP contribution in [0.1, 0.15) is 24.8 Å². The Balaban J connectivity index is 0.000000399. The van der Waals surface area contributed by atoms with Crippen molar-refractivity contribution in [3.05, 3.63) is 29.6 Å². The second-order valence-electron chi connectivity index (χ2n) is 4.14. The number of urea groups is 1. The number of carboxylic acids is 1. The van der Waals surface area contributed by atoms with Crippen molar-refractivity contribution in [2.45, 2.75) is 25.4 Å². The highest BCUT2D eigenvalue weighted by Gasteiger charge is 2.31. The molecule has 6 nitrogen and oxygen atoms in total. The summed E-state index contributed by atoms with van der Waals surface area (Å²) in [5.74, 6) is -1.56. The summed E-state index contributed by atoms with van der Waals surface area (Å²) in [4.78, 5) is 20.0. The van der Waals surface area contributed by atoms with Gasteiger partial charge in [0.1, 0.15) is 11.6 Å². The maximum absolute atomic E-state index is 13.0. The molecule has 0 radical (unpaired) electrons. The number of benzene rings is 1. The first-order valence-electron chi connectivity index (χ1n) is 5.55. The van der Waals surface area contributed by atoms with Crippen LogP contribution in [0.5, 0.6) is 5.75 Å². The van der Waals surface area contributed by atoms with Crippen LogP contribution in [0.3, 0.4) is 0 Å². The van der Waals surface area contributed by atoms with Crippen molar-refractivity contribution < 1.29 is 23.8 Å². The zero-order valence-corrected chi connectivity index (χ0v) is 10.3. The number of primary amides is 2. The van der Waals surface area contributed by atoms with Crippen LogP contribution in [0.15, 0.2) is 18.2 Å². The Labute approximate surface area is 109 Å². The lowest BCUT2D eigenvalue weighted by Crippen LogP contribution is -2.27. The fourth-order valence-corrected chi connectivity index (χ4v) is 1.86. The van der Waals surface area contributed by atoms with Crippen molar-refractivity contribution in [2.24, 2.45) is 11.5 Å². The number of carbonyl (C=O) groups is 2. The molecule has 1 heterocycles. The molecule has 19 heavy (non-hydrogen) atoms. The number of rotatable bonds is 1. The van der Waals surface area contributed by atoms with Crippen LogP contribution in [-0.4, -0.2) is 23.2 Å². The van der Waals surface area contributed by atoms with Crippen LogP contribution in [0.2, 0.25) is 0 Å². The molecule has 5 N–H and O–H groups in total. The molecule has 2 rings (SSSR count). The van der Waals surface area contributed by atoms with Gasteiger partial charge in [-0.05, 0) is 25.1 Å². The lowest BCUT2D eigenvalue weighted by molar-refractivity contribution is -0.139. The number of nitrogens with two attached hydrogens (primary N) is 2. The van der Waals surface area contributed by atoms with Crippen LogP contribution < -0.4 is 16.2 Å². The minimum atomic E-state index is -0.933. The van der Waals surface area contributed by atoms with Crippen molar-refractivity contribution in [1.29, 1.82) is 0 Å². The third-order valence-electron chi connectivity index (χ3n) is 2.54. The Bertz CT molecular complexity index is 489. The molecule has 1 aromatic rings. The average Bonchev–Trinajstić information content (AvgIpc) is 2.27. The first-order valence-corrected chi connectivity index (χ1v) is 5.55. The maximum atomic E-state index is 13.0. The van der Waals surface area contributed by atoms with Crippen molar-refractivity contribution in [3.63, 3.8) is 0 Å². The number of ether oxygens (including phenoxy) is 1. The summed E-state index contributed by atoms with van der Waals surface area (Å²) in [5.41, 5.74) is 8.93. The van der Waals surface area contributed by atoms with Crippen LogP contribution in [0.25, 0.3) is 0 Å². The summed E-state index contributed by atoms with van der Waals surface area (Å²) < 4.78 is 18.4. The molecule has 1 aromatic carbocycles. The first-order chi connectivity index (χ1) is 8.81. The van der Waals surface area contributed by atoms with Crippen molar-refractivity contribution in [2.75, 3.05) is 0 Å². The van der Waals surface area contributed by atoms with Gasteiger partial charge in [0.25, 0.3) is 0 Å². The molecule has 1 aliphatic heterocycles. The van der Waals surface area contributed by atoms with Gasteiger partial charge in [-0.1, -0.05) is 0 Å². The standard InChI is InChI=1S/C11H11FO3.CH4N2O/c1-6-4-9(11(13)14)8-5-7(12)2-3-10(8)15-6;2-1(3)4/h2-3,5-6,9H,4H2,1H3,(H,13,14);(H4,2,3,4)/t6-,9+;/m1./s1. The third kappa shape index (κ3) is 4.13. The number of carbonyl (C=O) groups excluding carboxylic acids is 1. The first kappa shape index (κ1) is 14.7. The highest BCUT2D eigenvalue weighted by molar-refractivity contribution is 5.77. The molecule has 0 saturated carbocycles. The van der Waals surface area contributed by atoms with E-state index >= 15 is 0 Å². The van der Waals surface area contributed by atoms with Crippen molar-refractivity contribution in [1.82, 2.24) is 0 Å². The minimum absolute atomic E-state index is 0.149. The number of carboxylic acid groups (broad SMARTS) is 1. The molecule has 2 atom stereocenters. The lowest BCUT2D eigenvalue weighted by Gasteiger charge is -2.27. The molecule has 0 fully saturated rings. The van der Waals surface area contributed by atoms with Gasteiger partial charge in [0, 0.05) is 12.0 Å². The van der Waals surface area contributed by atoms with Gasteiger partial charge < -0.3 is 21.3 Å². The molecule has 7 heteroatoms. The third-order valence-corrected chi connectivity index (χ3v) is 2.54. The molecule has 0 bridgehead atoms. The van der Waals surface area contributed by atoms with Gasteiger partial charge in [0.05, 0.1) is 12.0 Å². The average molecular weight is 270 g/mol. The van der Waals surface area contributed by atoms with E-state index in [1.165, 1.54) is 18.2 Å². The van der Waals surface area contributed by atoms with E-state index in [0.717, 1.165) is 0 Å². The van der Waals surface area contributed by atoms with Crippen LogP contribution >= 0.6 is 0 Å². The summed E-state index contributed by atoms with van der Waals surface area (Å²) in [6.45, 7) is 1.81. The number of hydrogen-bond donors (Lipinski definition) is 3. The molecule has 0 saturated heterocycles. The zero-order chi connectivity index (χ0) is 14.6. The fourth-order valence-electron chi connectivity index (χ4n) is 1.86. The second kappa shape index (κ2) is 6.03. The number of fused-ring (bicyclic) bond motifs is 1. The number of halogens is 1. The van der Waals surface area contributed by atoms with Gasteiger partial charge in [0.2, 0.25) is 0 Å². The quantitative estimate of drug-likeness (QED) is 0.710. The molecular formula is C12H15FN2O4. The van der Waals surface area contributed by atoms with E-state index in [-0.39, 0.29) is 6.10 Å². The van der Waals surface area contributed by atoms with E-state index in [1.807, 2.05) is 6.92 Å². The molecule has 0 aliphatic carbocycles. The Kier molecular flexibility index (Phi) is 4.68. The van der Waals surface area contributed by atoms with Crippen LogP contribution in [0.4, 0.5) is 9.18 Å². The summed E-state index contributed by atoms with van der Waals surface area (Å²) in [6, 6.07) is 3.16. The lowest BCUT2D eigenvalue weighted by atomic mass is 9.90. The highest BCUT2D eigenvalue weighted by atomic mass is 19.1. The smallest absolute Gasteiger partial charge is 0.311 e. The highest BCUT2D eigenvalue weighted by Crippen LogP contribution is 2.36. The number of aliphatic carboxylic acids is 1. The van der Waals surface area contributed by atoms with E-state index in [0.29, 0.717) is 17.7 Å². The molecule has 2 amide bonds. The van der Waals surface area contributed by atoms with E-state index < -0.39 is 23.7 Å². The number of amides is 2. The second-order valence-corrected chi connectivity index (χ2v) is 4.14. The zero-order valence-electron chi connectivity index (χ0n) is 10.3. The van der Waals surface area contributed by atoms with Crippen LogP contribution in [0, 0.1) is 5.82 Å². The van der Waals surface area contributed by atoms with Gasteiger partial charge in [-0.15, -0.1) is 0 Å². The predicted molar refractivity (Wildman–Crippen MR) is 65.3 cm³/mol. The van der Waals surface area contributed by atoms with E-state index in [1.54, 1.807) is 0 Å². The molecule has 0 unspecified atom stereocenters. The predicted octanol–water partition coefficient (Wildman–Crippen LogP) is 1.19. The summed E-state index contributed by atoms with van der Waals surface area (Å²) >= 11 is 0. The Morgan fingerprint density at radius 1 is 1.42 bits per heavy atom. The van der Waals surface area contributed by atoms with Gasteiger partial charge in [-0.25, -0.2) is 9.18 Å². The Hall–Kier alpha value is -2.31. The van der Waals surface area contributed by atoms with Crippen LogP contribution in [-0.2, 0) is 4.79 Å². The number of hydrogen-bond acceptors (Lipinski definition) is 3. The van der Waals surface area contributed by atoms with Gasteiger partial charge in [0.15, 0.2) is 0 Å². The monoisotopic (exact) mass is 270 g/mol. The maximum Gasteiger partial charge on any atom is 0.311 e. The summed E-state index contributed by atoms with van der Waals surface area (Å²) in [7, 11) is 0. The molecule has 1 aliphatic rings. The van der Waals surface area contributed by atoms with Gasteiger partial charge in [-0.2, -0.15) is 0 Å². The SMILES string of the molecule is C[C@@H]1C[C@H](C(=O)O)c2cc(F)ccc2O1.NC(N)=O. The van der Waals surface area contributed by atoms with Crippen molar-refractivity contribution in [3.8, 4) is 5.75 Å². The Morgan fingerprint density at radius 2 is 2.00 bits per heavy atom. The largest absolute Gasteiger partial charge is 0.490 e. The summed E-state index contributed by atoms with van der Waals surface area (Å²) in [6.07, 6.45) is 0.232. The fraction of sp³-hybridized carbons (Fsp3) is 0.333. The summed E-state index contributed by atoms with van der Waals surface area (Å²) in [5, 5.41) is 9.02. The molecule has 104 valence electrons. The Morgan fingerprint density at radius 3 is 2.53 bits per heavy atom. The molecular weight excluding hydrogens is 255 g/mol.